The average molecular weight is 427 g/mol. The third kappa shape index (κ3) is 6.99. The Labute approximate surface area is 182 Å². The Hall–Kier alpha value is -2.67. The number of carbonyl (C=O) groups is 1. The summed E-state index contributed by atoms with van der Waals surface area (Å²) in [7, 11) is 1.85. The summed E-state index contributed by atoms with van der Waals surface area (Å²) in [6.45, 7) is 2.81. The van der Waals surface area contributed by atoms with Crippen molar-refractivity contribution < 1.29 is 9.53 Å². The average Bonchev–Trinajstić information content (AvgIpc) is 3.24. The van der Waals surface area contributed by atoms with Gasteiger partial charge in [-0.25, -0.2) is 0 Å². The SMILES string of the molecule is CN=C(NCCc1ccc(OCC(N)=O)cc1)N1CCC(CSc2ccccc2)C1. The van der Waals surface area contributed by atoms with Crippen LogP contribution in [0.2, 0.25) is 0 Å². The van der Waals surface area contributed by atoms with Crippen molar-refractivity contribution in [2.75, 3.05) is 39.0 Å². The van der Waals surface area contributed by atoms with Crippen LogP contribution in [-0.4, -0.2) is 55.8 Å². The standard InChI is InChI=1S/C23H30N4O2S/c1-25-23(26-13-11-18-7-9-20(10-8-18)29-16-22(24)28)27-14-12-19(15-27)17-30-21-5-3-2-4-6-21/h2-10,19H,11-17H2,1H3,(H2,24,28)(H,25,26). The quantitative estimate of drug-likeness (QED) is 0.366. The van der Waals surface area contributed by atoms with Crippen molar-refractivity contribution in [2.45, 2.75) is 17.7 Å². The molecule has 160 valence electrons. The number of aliphatic imine (C=N–C) groups is 1. The molecule has 1 fully saturated rings. The number of carbonyl (C=O) groups excluding carboxylic acids is 1. The third-order valence-corrected chi connectivity index (χ3v) is 6.27. The van der Waals surface area contributed by atoms with Crippen LogP contribution < -0.4 is 15.8 Å². The summed E-state index contributed by atoms with van der Waals surface area (Å²) >= 11 is 1.94. The fourth-order valence-corrected chi connectivity index (χ4v) is 4.50. The van der Waals surface area contributed by atoms with Gasteiger partial charge < -0.3 is 20.7 Å². The van der Waals surface area contributed by atoms with Crippen LogP contribution in [0.1, 0.15) is 12.0 Å². The van der Waals surface area contributed by atoms with Crippen molar-refractivity contribution in [1.29, 1.82) is 0 Å². The largest absolute Gasteiger partial charge is 0.484 e. The Kier molecular flexibility index (Phi) is 8.44. The fraction of sp³-hybridized carbons (Fsp3) is 0.391. The van der Waals surface area contributed by atoms with Gasteiger partial charge >= 0.3 is 0 Å². The van der Waals surface area contributed by atoms with Crippen LogP contribution in [0, 0.1) is 5.92 Å². The molecule has 1 saturated heterocycles. The summed E-state index contributed by atoms with van der Waals surface area (Å²) in [5, 5.41) is 3.49. The predicted molar refractivity (Wildman–Crippen MR) is 123 cm³/mol. The van der Waals surface area contributed by atoms with Crippen molar-refractivity contribution >= 4 is 23.6 Å². The van der Waals surface area contributed by atoms with Gasteiger partial charge in [-0.1, -0.05) is 30.3 Å². The summed E-state index contributed by atoms with van der Waals surface area (Å²) in [6, 6.07) is 18.3. The number of guanidine groups is 1. The molecule has 1 aliphatic heterocycles. The van der Waals surface area contributed by atoms with Crippen molar-refractivity contribution in [3.63, 3.8) is 0 Å². The lowest BCUT2D eigenvalue weighted by Gasteiger charge is -2.21. The number of nitrogens with zero attached hydrogens (tertiary/aromatic N) is 2. The van der Waals surface area contributed by atoms with E-state index in [1.54, 1.807) is 0 Å². The van der Waals surface area contributed by atoms with E-state index in [2.05, 4.69) is 45.5 Å². The van der Waals surface area contributed by atoms with Crippen LogP contribution in [0.4, 0.5) is 0 Å². The first-order valence-electron chi connectivity index (χ1n) is 10.3. The van der Waals surface area contributed by atoms with E-state index in [-0.39, 0.29) is 6.61 Å². The Balaban J connectivity index is 1.39. The number of benzene rings is 2. The number of thioether (sulfide) groups is 1. The van der Waals surface area contributed by atoms with Crippen molar-refractivity contribution in [3.8, 4) is 5.75 Å². The predicted octanol–water partition coefficient (Wildman–Crippen LogP) is 2.78. The molecule has 3 rings (SSSR count). The summed E-state index contributed by atoms with van der Waals surface area (Å²) in [5.74, 6) is 2.97. The van der Waals surface area contributed by atoms with Crippen LogP contribution >= 0.6 is 11.8 Å². The highest BCUT2D eigenvalue weighted by molar-refractivity contribution is 7.99. The van der Waals surface area contributed by atoms with E-state index in [9.17, 15) is 4.79 Å². The van der Waals surface area contributed by atoms with Gasteiger partial charge in [0.1, 0.15) is 5.75 Å². The molecule has 7 heteroatoms. The van der Waals surface area contributed by atoms with E-state index in [0.717, 1.165) is 37.8 Å². The number of nitrogens with one attached hydrogen (secondary N) is 1. The molecule has 0 aliphatic carbocycles. The van der Waals surface area contributed by atoms with Crippen LogP contribution in [0.3, 0.4) is 0 Å². The molecule has 0 radical (unpaired) electrons. The van der Waals surface area contributed by atoms with E-state index in [1.807, 2.05) is 43.1 Å². The zero-order valence-corrected chi connectivity index (χ0v) is 18.2. The lowest BCUT2D eigenvalue weighted by Crippen LogP contribution is -2.41. The van der Waals surface area contributed by atoms with Gasteiger partial charge in [-0.05, 0) is 48.6 Å². The molecular formula is C23H30N4O2S. The molecule has 30 heavy (non-hydrogen) atoms. The van der Waals surface area contributed by atoms with Crippen LogP contribution in [0.25, 0.3) is 0 Å². The second-order valence-corrected chi connectivity index (χ2v) is 8.44. The summed E-state index contributed by atoms with van der Waals surface area (Å²) in [5.41, 5.74) is 6.29. The van der Waals surface area contributed by atoms with E-state index in [4.69, 9.17) is 10.5 Å². The second-order valence-electron chi connectivity index (χ2n) is 7.35. The van der Waals surface area contributed by atoms with Gasteiger partial charge in [0.05, 0.1) is 0 Å². The molecule has 1 heterocycles. The molecule has 0 saturated carbocycles. The molecule has 2 aromatic carbocycles. The zero-order chi connectivity index (χ0) is 21.2. The summed E-state index contributed by atoms with van der Waals surface area (Å²) in [4.78, 5) is 18.9. The first kappa shape index (κ1) is 22.0. The Morgan fingerprint density at radius 1 is 1.23 bits per heavy atom. The monoisotopic (exact) mass is 426 g/mol. The smallest absolute Gasteiger partial charge is 0.255 e. The highest BCUT2D eigenvalue weighted by atomic mass is 32.2. The maximum absolute atomic E-state index is 10.8. The lowest BCUT2D eigenvalue weighted by atomic mass is 10.1. The maximum Gasteiger partial charge on any atom is 0.255 e. The number of hydrogen-bond acceptors (Lipinski definition) is 4. The van der Waals surface area contributed by atoms with Gasteiger partial charge in [-0.3, -0.25) is 9.79 Å². The third-order valence-electron chi connectivity index (χ3n) is 5.03. The van der Waals surface area contributed by atoms with Gasteiger partial charge in [0.25, 0.3) is 5.91 Å². The highest BCUT2D eigenvalue weighted by Crippen LogP contribution is 2.25. The van der Waals surface area contributed by atoms with Crippen LogP contribution in [-0.2, 0) is 11.2 Å². The van der Waals surface area contributed by atoms with E-state index < -0.39 is 5.91 Å². The Morgan fingerprint density at radius 2 is 2.00 bits per heavy atom. The zero-order valence-electron chi connectivity index (χ0n) is 17.4. The fourth-order valence-electron chi connectivity index (χ4n) is 3.45. The van der Waals surface area contributed by atoms with E-state index in [0.29, 0.717) is 11.7 Å². The maximum atomic E-state index is 10.8. The topological polar surface area (TPSA) is 80.0 Å². The van der Waals surface area contributed by atoms with Gasteiger partial charge in [0, 0.05) is 37.3 Å². The van der Waals surface area contributed by atoms with Crippen molar-refractivity contribution in [1.82, 2.24) is 10.2 Å². The van der Waals surface area contributed by atoms with Gasteiger partial charge in [-0.2, -0.15) is 0 Å². The minimum absolute atomic E-state index is 0.0993. The van der Waals surface area contributed by atoms with Gasteiger partial charge in [-0.15, -0.1) is 11.8 Å². The lowest BCUT2D eigenvalue weighted by molar-refractivity contribution is -0.119. The van der Waals surface area contributed by atoms with E-state index in [1.165, 1.54) is 16.9 Å². The first-order valence-corrected chi connectivity index (χ1v) is 11.3. The number of hydrogen-bond donors (Lipinski definition) is 2. The molecule has 1 atom stereocenters. The highest BCUT2D eigenvalue weighted by Gasteiger charge is 2.24. The number of ether oxygens (including phenoxy) is 1. The molecular weight excluding hydrogens is 396 g/mol. The molecule has 0 spiro atoms. The first-order chi connectivity index (χ1) is 14.6. The molecule has 3 N–H and O–H groups in total. The van der Waals surface area contributed by atoms with Gasteiger partial charge in [0.2, 0.25) is 0 Å². The van der Waals surface area contributed by atoms with Crippen molar-refractivity contribution in [2.24, 2.45) is 16.6 Å². The Morgan fingerprint density at radius 3 is 2.70 bits per heavy atom. The van der Waals surface area contributed by atoms with E-state index >= 15 is 0 Å². The molecule has 1 unspecified atom stereocenters. The molecule has 0 aromatic heterocycles. The number of likely N-dealkylation sites (tertiary alicyclic amines) is 1. The molecule has 1 aliphatic rings. The number of nitrogens with two attached hydrogens (primary N) is 1. The summed E-state index contributed by atoms with van der Waals surface area (Å²) < 4.78 is 5.29. The van der Waals surface area contributed by atoms with Crippen molar-refractivity contribution in [3.05, 3.63) is 60.2 Å². The minimum atomic E-state index is -0.475. The molecule has 2 aromatic rings. The number of primary amides is 1. The molecule has 0 bridgehead atoms. The number of amides is 1. The van der Waals surface area contributed by atoms with Crippen LogP contribution in [0.5, 0.6) is 5.75 Å². The minimum Gasteiger partial charge on any atom is -0.484 e. The summed E-state index contributed by atoms with van der Waals surface area (Å²) in [6.07, 6.45) is 2.09. The van der Waals surface area contributed by atoms with Crippen LogP contribution in [0.15, 0.2) is 64.5 Å². The molecule has 6 nitrogen and oxygen atoms in total. The normalized spacial score (nSPS) is 16.5. The Bertz CT molecular complexity index is 827. The second kappa shape index (κ2) is 11.5. The molecule has 1 amide bonds. The van der Waals surface area contributed by atoms with Gasteiger partial charge in [0.15, 0.2) is 12.6 Å². The number of rotatable bonds is 9.